The average molecular weight is 522 g/mol. The number of hydrogen-bond acceptors (Lipinski definition) is 3. The first kappa shape index (κ1) is 25.9. The summed E-state index contributed by atoms with van der Waals surface area (Å²) in [6.07, 6.45) is -5.21. The molecule has 0 aliphatic carbocycles. The Morgan fingerprint density at radius 1 is 1.15 bits per heavy atom. The number of benzene rings is 1. The number of nitrogens with one attached hydrogen (secondary N) is 3. The van der Waals surface area contributed by atoms with E-state index in [1.54, 1.807) is 38.1 Å². The Morgan fingerprint density at radius 2 is 1.74 bits per heavy atom. The molecule has 0 saturated carbocycles. The summed E-state index contributed by atoms with van der Waals surface area (Å²) in [4.78, 5) is 3.86. The number of hydrogen-bond donors (Lipinski definition) is 3. The summed E-state index contributed by atoms with van der Waals surface area (Å²) < 4.78 is 63.4. The molecule has 0 radical (unpaired) electrons. The number of sulfonamides is 1. The number of rotatable bonds is 8. The van der Waals surface area contributed by atoms with Crippen molar-refractivity contribution in [1.29, 1.82) is 0 Å². The van der Waals surface area contributed by atoms with Crippen molar-refractivity contribution in [3.8, 4) is 0 Å². The van der Waals surface area contributed by atoms with Crippen LogP contribution in [0.15, 0.2) is 29.3 Å². The van der Waals surface area contributed by atoms with Gasteiger partial charge in [-0.1, -0.05) is 24.3 Å². The summed E-state index contributed by atoms with van der Waals surface area (Å²) in [5, 5.41) is 5.47. The molecule has 0 aliphatic rings. The number of nitrogens with zero attached hydrogens (tertiary/aromatic N) is 1. The van der Waals surface area contributed by atoms with Crippen molar-refractivity contribution in [3.63, 3.8) is 0 Å². The van der Waals surface area contributed by atoms with Gasteiger partial charge >= 0.3 is 6.18 Å². The highest BCUT2D eigenvalue weighted by molar-refractivity contribution is 14.0. The average Bonchev–Trinajstić information content (AvgIpc) is 2.49. The monoisotopic (exact) mass is 522 g/mol. The Hall–Kier alpha value is -1.08. The van der Waals surface area contributed by atoms with Gasteiger partial charge in [0.25, 0.3) is 0 Å². The fourth-order valence-electron chi connectivity index (χ4n) is 2.20. The highest BCUT2D eigenvalue weighted by Crippen LogP contribution is 2.18. The summed E-state index contributed by atoms with van der Waals surface area (Å²) in [6, 6.07) is 6.76. The molecule has 0 amide bonds. The Morgan fingerprint density at radius 3 is 2.26 bits per heavy atom. The smallest absolute Gasteiger partial charge is 0.356 e. The number of halogens is 4. The van der Waals surface area contributed by atoms with Crippen molar-refractivity contribution >= 4 is 40.0 Å². The van der Waals surface area contributed by atoms with Crippen molar-refractivity contribution in [2.24, 2.45) is 4.99 Å². The van der Waals surface area contributed by atoms with Gasteiger partial charge in [0, 0.05) is 26.2 Å². The van der Waals surface area contributed by atoms with E-state index in [2.05, 4.69) is 20.3 Å². The molecule has 1 aromatic carbocycles. The Labute approximate surface area is 175 Å². The maximum absolute atomic E-state index is 12.2. The van der Waals surface area contributed by atoms with Gasteiger partial charge in [0.05, 0.1) is 12.2 Å². The van der Waals surface area contributed by atoms with Crippen LogP contribution in [-0.2, 0) is 22.3 Å². The predicted molar refractivity (Wildman–Crippen MR) is 112 cm³/mol. The van der Waals surface area contributed by atoms with Crippen LogP contribution in [0.4, 0.5) is 13.2 Å². The summed E-state index contributed by atoms with van der Waals surface area (Å²) in [5.41, 5.74) is 1.33. The zero-order chi connectivity index (χ0) is 19.8. The lowest BCUT2D eigenvalue weighted by Gasteiger charge is -2.15. The highest BCUT2D eigenvalue weighted by Gasteiger charge is 2.26. The second-order valence-electron chi connectivity index (χ2n) is 6.02. The maximum atomic E-state index is 12.2. The van der Waals surface area contributed by atoms with Gasteiger partial charge in [-0.2, -0.15) is 13.2 Å². The minimum atomic E-state index is -4.24. The molecule has 0 atom stereocenters. The Balaban J connectivity index is 0.00000676. The molecule has 156 valence electrons. The molecule has 0 aliphatic heterocycles. The van der Waals surface area contributed by atoms with Gasteiger partial charge < -0.3 is 10.6 Å². The van der Waals surface area contributed by atoms with Gasteiger partial charge in [0.2, 0.25) is 10.0 Å². The molecule has 0 bridgehead atoms. The maximum Gasteiger partial charge on any atom is 0.390 e. The first-order valence-electron chi connectivity index (χ1n) is 8.10. The van der Waals surface area contributed by atoms with E-state index < -0.39 is 22.6 Å². The molecule has 0 aromatic heterocycles. The quantitative estimate of drug-likeness (QED) is 0.279. The molecular weight excluding hydrogens is 496 g/mol. The lowest BCUT2D eigenvalue weighted by Crippen LogP contribution is -2.38. The van der Waals surface area contributed by atoms with E-state index in [1.807, 2.05) is 0 Å². The summed E-state index contributed by atoms with van der Waals surface area (Å²) in [7, 11) is -2.03. The van der Waals surface area contributed by atoms with Gasteiger partial charge in [0.15, 0.2) is 5.96 Å². The molecule has 11 heteroatoms. The Bertz CT molecular complexity index is 710. The van der Waals surface area contributed by atoms with Gasteiger partial charge in [-0.15, -0.1) is 24.0 Å². The molecule has 0 fully saturated rings. The van der Waals surface area contributed by atoms with Crippen molar-refractivity contribution in [3.05, 3.63) is 35.4 Å². The van der Waals surface area contributed by atoms with Crippen LogP contribution in [0, 0.1) is 0 Å². The van der Waals surface area contributed by atoms with Crippen LogP contribution >= 0.6 is 24.0 Å². The largest absolute Gasteiger partial charge is 0.390 e. The van der Waals surface area contributed by atoms with E-state index in [4.69, 9.17) is 0 Å². The number of alkyl halides is 3. The molecule has 6 nitrogen and oxygen atoms in total. The van der Waals surface area contributed by atoms with Crippen LogP contribution in [0.5, 0.6) is 0 Å². The van der Waals surface area contributed by atoms with Crippen molar-refractivity contribution in [1.82, 2.24) is 15.4 Å². The molecule has 3 N–H and O–H groups in total. The first-order valence-corrected chi connectivity index (χ1v) is 9.75. The third kappa shape index (κ3) is 11.4. The summed E-state index contributed by atoms with van der Waals surface area (Å²) in [6.45, 7) is 3.42. The van der Waals surface area contributed by atoms with Crippen LogP contribution in [0.1, 0.15) is 31.4 Å². The number of aliphatic imine (C=N–C) groups is 1. The van der Waals surface area contributed by atoms with Crippen molar-refractivity contribution in [2.45, 2.75) is 44.8 Å². The van der Waals surface area contributed by atoms with Crippen molar-refractivity contribution in [2.75, 3.05) is 13.6 Å². The highest BCUT2D eigenvalue weighted by atomic mass is 127. The van der Waals surface area contributed by atoms with E-state index in [0.717, 1.165) is 5.56 Å². The third-order valence-electron chi connectivity index (χ3n) is 3.25. The second-order valence-corrected chi connectivity index (χ2v) is 7.77. The molecule has 0 saturated heterocycles. The zero-order valence-electron chi connectivity index (χ0n) is 15.4. The minimum Gasteiger partial charge on any atom is -0.356 e. The normalized spacial score (nSPS) is 12.6. The lowest BCUT2D eigenvalue weighted by molar-refractivity contribution is -0.132. The fraction of sp³-hybridized carbons (Fsp3) is 0.562. The minimum absolute atomic E-state index is 0. The molecule has 1 aromatic rings. The molecule has 27 heavy (non-hydrogen) atoms. The molecular formula is C16H26F3IN4O2S. The van der Waals surface area contributed by atoms with Gasteiger partial charge in [-0.25, -0.2) is 13.1 Å². The SMILES string of the molecule is CN=C(NCCC(F)(F)F)NCc1ccccc1CS(=O)(=O)NC(C)C.I. The second kappa shape index (κ2) is 11.7. The zero-order valence-corrected chi connectivity index (χ0v) is 18.6. The third-order valence-corrected chi connectivity index (χ3v) is 4.77. The van der Waals surface area contributed by atoms with Crippen LogP contribution in [0.25, 0.3) is 0 Å². The van der Waals surface area contributed by atoms with E-state index in [-0.39, 0.29) is 54.8 Å². The molecule has 0 heterocycles. The molecule has 0 spiro atoms. The van der Waals surface area contributed by atoms with E-state index in [0.29, 0.717) is 5.56 Å². The molecule has 1 rings (SSSR count). The van der Waals surface area contributed by atoms with E-state index in [9.17, 15) is 21.6 Å². The Kier molecular flexibility index (Phi) is 11.2. The van der Waals surface area contributed by atoms with E-state index in [1.165, 1.54) is 7.05 Å². The summed E-state index contributed by atoms with van der Waals surface area (Å²) in [5.74, 6) is 0.0376. The molecule has 0 unspecified atom stereocenters. The fourth-order valence-corrected chi connectivity index (χ4v) is 3.69. The van der Waals surface area contributed by atoms with Crippen LogP contribution in [-0.4, -0.2) is 40.2 Å². The lowest BCUT2D eigenvalue weighted by atomic mass is 10.1. The van der Waals surface area contributed by atoms with Crippen LogP contribution < -0.4 is 15.4 Å². The standard InChI is InChI=1S/C16H25F3N4O2S.HI/c1-12(2)23-26(24,25)11-14-7-5-4-6-13(14)10-22-15(20-3)21-9-8-16(17,18)19;/h4-7,12,23H,8-11H2,1-3H3,(H2,20,21,22);1H. The van der Waals surface area contributed by atoms with E-state index >= 15 is 0 Å². The van der Waals surface area contributed by atoms with Gasteiger partial charge in [0.1, 0.15) is 0 Å². The van der Waals surface area contributed by atoms with Crippen LogP contribution in [0.3, 0.4) is 0 Å². The van der Waals surface area contributed by atoms with Gasteiger partial charge in [-0.3, -0.25) is 4.99 Å². The van der Waals surface area contributed by atoms with Gasteiger partial charge in [-0.05, 0) is 25.0 Å². The summed E-state index contributed by atoms with van der Waals surface area (Å²) >= 11 is 0. The predicted octanol–water partition coefficient (Wildman–Crippen LogP) is 2.75. The van der Waals surface area contributed by atoms with Crippen molar-refractivity contribution < 1.29 is 21.6 Å². The topological polar surface area (TPSA) is 82.6 Å². The number of guanidine groups is 1. The first-order chi connectivity index (χ1) is 12.0. The van der Waals surface area contributed by atoms with Crippen LogP contribution in [0.2, 0.25) is 0 Å².